The molecule has 0 aromatic heterocycles. The maximum atomic E-state index is 12.4. The van der Waals surface area contributed by atoms with Crippen molar-refractivity contribution in [1.82, 2.24) is 4.72 Å². The summed E-state index contributed by atoms with van der Waals surface area (Å²) in [7, 11) is -3.72. The molecule has 1 aliphatic heterocycles. The predicted molar refractivity (Wildman–Crippen MR) is 82.5 cm³/mol. The van der Waals surface area contributed by atoms with Gasteiger partial charge in [0.15, 0.2) is 0 Å². The molecular weight excluding hydrogens is 360 g/mol. The number of nitrogens with one attached hydrogen (secondary N) is 2. The summed E-state index contributed by atoms with van der Waals surface area (Å²) in [6.45, 7) is 3.51. The van der Waals surface area contributed by atoms with Gasteiger partial charge >= 0.3 is 0 Å². The number of carbonyl (C=O) groups is 1. The van der Waals surface area contributed by atoms with Gasteiger partial charge in [-0.05, 0) is 33.6 Å². The fourth-order valence-electron chi connectivity index (χ4n) is 1.86. The molecule has 0 radical (unpaired) electrons. The average Bonchev–Trinajstić information content (AvgIpc) is 2.75. The summed E-state index contributed by atoms with van der Waals surface area (Å²) in [5, 5.41) is 11.8. The molecule has 2 rings (SSSR count). The Labute approximate surface area is 132 Å². The van der Waals surface area contributed by atoms with Crippen molar-refractivity contribution in [3.05, 3.63) is 22.2 Å². The van der Waals surface area contributed by atoms with E-state index in [1.54, 1.807) is 19.9 Å². The maximum Gasteiger partial charge on any atom is 0.241 e. The Bertz CT molecular complexity index is 686. The zero-order valence-electron chi connectivity index (χ0n) is 11.7. The summed E-state index contributed by atoms with van der Waals surface area (Å²) in [6, 6.07) is 3.08. The molecule has 0 spiro atoms. The largest absolute Gasteiger partial charge is 0.396 e. The summed E-state index contributed by atoms with van der Waals surface area (Å²) in [4.78, 5) is 11.4. The topological polar surface area (TPSA) is 95.5 Å². The number of amides is 1. The molecule has 1 aliphatic rings. The van der Waals surface area contributed by atoms with E-state index >= 15 is 0 Å². The lowest BCUT2D eigenvalue weighted by molar-refractivity contribution is -0.115. The number of halogens is 1. The van der Waals surface area contributed by atoms with Crippen molar-refractivity contribution in [2.24, 2.45) is 5.41 Å². The van der Waals surface area contributed by atoms with Crippen LogP contribution in [0, 0.1) is 5.41 Å². The van der Waals surface area contributed by atoms with Crippen LogP contribution in [0.25, 0.3) is 0 Å². The van der Waals surface area contributed by atoms with Crippen LogP contribution in [0.3, 0.4) is 0 Å². The highest BCUT2D eigenvalue weighted by Gasteiger charge is 2.26. The maximum absolute atomic E-state index is 12.4. The average molecular weight is 377 g/mol. The van der Waals surface area contributed by atoms with Gasteiger partial charge in [-0.15, -0.1) is 0 Å². The molecular formula is C13H17BrN2O4S. The molecule has 1 aromatic carbocycles. The van der Waals surface area contributed by atoms with Gasteiger partial charge in [-0.3, -0.25) is 4.79 Å². The molecule has 0 aliphatic carbocycles. The van der Waals surface area contributed by atoms with Gasteiger partial charge in [0.1, 0.15) is 0 Å². The van der Waals surface area contributed by atoms with Gasteiger partial charge in [-0.1, -0.05) is 13.8 Å². The minimum absolute atomic E-state index is 0.0893. The number of fused-ring (bicyclic) bond motifs is 1. The van der Waals surface area contributed by atoms with E-state index < -0.39 is 15.4 Å². The number of hydrogen-bond acceptors (Lipinski definition) is 4. The summed E-state index contributed by atoms with van der Waals surface area (Å²) in [6.07, 6.45) is 0.174. The first kappa shape index (κ1) is 16.4. The molecule has 3 N–H and O–H groups in total. The molecule has 0 atom stereocenters. The van der Waals surface area contributed by atoms with E-state index in [0.717, 1.165) is 0 Å². The number of aliphatic hydroxyl groups is 1. The third-order valence-corrected chi connectivity index (χ3v) is 5.60. The van der Waals surface area contributed by atoms with Crippen molar-refractivity contribution in [3.63, 3.8) is 0 Å². The number of sulfonamides is 1. The Morgan fingerprint density at radius 2 is 2.10 bits per heavy atom. The first-order valence-electron chi connectivity index (χ1n) is 6.37. The van der Waals surface area contributed by atoms with E-state index in [0.29, 0.717) is 15.7 Å². The van der Waals surface area contributed by atoms with Gasteiger partial charge in [-0.25, -0.2) is 13.1 Å². The Hall–Kier alpha value is -0.960. The Balaban J connectivity index is 2.29. The number of hydrogen-bond donors (Lipinski definition) is 3. The van der Waals surface area contributed by atoms with Gasteiger partial charge in [0, 0.05) is 28.7 Å². The fourth-order valence-corrected chi connectivity index (χ4v) is 4.19. The molecule has 0 bridgehead atoms. The zero-order valence-corrected chi connectivity index (χ0v) is 14.1. The first-order valence-corrected chi connectivity index (χ1v) is 8.65. The van der Waals surface area contributed by atoms with E-state index in [2.05, 4.69) is 26.0 Å². The summed E-state index contributed by atoms with van der Waals surface area (Å²) < 4.78 is 27.6. The van der Waals surface area contributed by atoms with Crippen molar-refractivity contribution < 1.29 is 18.3 Å². The second kappa shape index (κ2) is 5.68. The second-order valence-electron chi connectivity index (χ2n) is 5.81. The van der Waals surface area contributed by atoms with E-state index in [1.807, 2.05) is 0 Å². The number of rotatable bonds is 5. The van der Waals surface area contributed by atoms with Gasteiger partial charge in [0.25, 0.3) is 0 Å². The van der Waals surface area contributed by atoms with Crippen LogP contribution in [0.5, 0.6) is 0 Å². The van der Waals surface area contributed by atoms with Gasteiger partial charge < -0.3 is 10.4 Å². The second-order valence-corrected chi connectivity index (χ2v) is 8.40. The quantitative estimate of drug-likeness (QED) is 0.720. The van der Waals surface area contributed by atoms with E-state index in [-0.39, 0.29) is 30.4 Å². The third-order valence-electron chi connectivity index (χ3n) is 3.24. The lowest BCUT2D eigenvalue weighted by Gasteiger charge is -2.22. The van der Waals surface area contributed by atoms with Crippen molar-refractivity contribution in [2.75, 3.05) is 18.5 Å². The highest BCUT2D eigenvalue weighted by molar-refractivity contribution is 9.10. The minimum Gasteiger partial charge on any atom is -0.396 e. The highest BCUT2D eigenvalue weighted by atomic mass is 79.9. The SMILES string of the molecule is CC(C)(CO)CNS(=O)(=O)c1cc2c(cc1Br)NC(=O)C2. The number of aliphatic hydroxyl groups excluding tert-OH is 1. The van der Waals surface area contributed by atoms with Crippen LogP contribution in [-0.4, -0.2) is 32.6 Å². The lowest BCUT2D eigenvalue weighted by atomic mass is 9.96. The lowest BCUT2D eigenvalue weighted by Crippen LogP contribution is -2.36. The van der Waals surface area contributed by atoms with Crippen LogP contribution in [0.15, 0.2) is 21.5 Å². The van der Waals surface area contributed by atoms with E-state index in [4.69, 9.17) is 0 Å². The fraction of sp³-hybridized carbons (Fsp3) is 0.462. The molecule has 0 unspecified atom stereocenters. The van der Waals surface area contributed by atoms with E-state index in [1.165, 1.54) is 6.07 Å². The molecule has 0 fully saturated rings. The molecule has 8 heteroatoms. The molecule has 21 heavy (non-hydrogen) atoms. The normalized spacial score (nSPS) is 15.0. The zero-order chi connectivity index (χ0) is 15.8. The van der Waals surface area contributed by atoms with Crippen LogP contribution < -0.4 is 10.0 Å². The van der Waals surface area contributed by atoms with Crippen molar-refractivity contribution in [3.8, 4) is 0 Å². The summed E-state index contributed by atoms with van der Waals surface area (Å²) >= 11 is 3.22. The Morgan fingerprint density at radius 3 is 2.71 bits per heavy atom. The minimum atomic E-state index is -3.72. The standard InChI is InChI=1S/C13H17BrN2O4S/c1-13(2,7-17)6-15-21(19,20)11-3-8-4-12(18)16-10(8)5-9(11)14/h3,5,15,17H,4,6-7H2,1-2H3,(H,16,18). The third kappa shape index (κ3) is 3.63. The molecule has 1 heterocycles. The van der Waals surface area contributed by atoms with Gasteiger partial charge in [0.2, 0.25) is 15.9 Å². The van der Waals surface area contributed by atoms with Crippen LogP contribution in [0.1, 0.15) is 19.4 Å². The number of anilines is 1. The first-order chi connectivity index (χ1) is 9.64. The summed E-state index contributed by atoms with van der Waals surface area (Å²) in [5.74, 6) is -0.152. The van der Waals surface area contributed by atoms with Crippen molar-refractivity contribution >= 4 is 37.5 Å². The summed E-state index contributed by atoms with van der Waals surface area (Å²) in [5.41, 5.74) is 0.736. The van der Waals surface area contributed by atoms with Crippen LogP contribution in [0.2, 0.25) is 0 Å². The van der Waals surface area contributed by atoms with Gasteiger partial charge in [0.05, 0.1) is 11.3 Å². The van der Waals surface area contributed by atoms with Crippen LogP contribution in [0.4, 0.5) is 5.69 Å². The molecule has 1 amide bonds. The van der Waals surface area contributed by atoms with E-state index in [9.17, 15) is 18.3 Å². The number of carbonyl (C=O) groups excluding carboxylic acids is 1. The van der Waals surface area contributed by atoms with Crippen molar-refractivity contribution in [2.45, 2.75) is 25.2 Å². The van der Waals surface area contributed by atoms with Crippen LogP contribution >= 0.6 is 15.9 Å². The van der Waals surface area contributed by atoms with Crippen LogP contribution in [-0.2, 0) is 21.2 Å². The monoisotopic (exact) mass is 376 g/mol. The smallest absolute Gasteiger partial charge is 0.241 e. The Kier molecular flexibility index (Phi) is 4.44. The molecule has 0 saturated carbocycles. The highest BCUT2D eigenvalue weighted by Crippen LogP contribution is 2.32. The number of benzene rings is 1. The van der Waals surface area contributed by atoms with Gasteiger partial charge in [-0.2, -0.15) is 0 Å². The predicted octanol–water partition coefficient (Wildman–Crippen LogP) is 1.24. The molecule has 1 aromatic rings. The van der Waals surface area contributed by atoms with Crippen molar-refractivity contribution in [1.29, 1.82) is 0 Å². The molecule has 0 saturated heterocycles. The Morgan fingerprint density at radius 1 is 1.43 bits per heavy atom. The molecule has 6 nitrogen and oxygen atoms in total. The molecule has 116 valence electrons.